The normalized spacial score (nSPS) is 13.2. The van der Waals surface area contributed by atoms with Crippen LogP contribution in [-0.4, -0.2) is 28.1 Å². The van der Waals surface area contributed by atoms with Gasteiger partial charge in [0.2, 0.25) is 5.91 Å². The van der Waals surface area contributed by atoms with Gasteiger partial charge in [-0.25, -0.2) is 4.79 Å². The van der Waals surface area contributed by atoms with Gasteiger partial charge >= 0.3 is 6.09 Å². The van der Waals surface area contributed by atoms with Crippen molar-refractivity contribution in [2.45, 2.75) is 58.7 Å². The number of alkyl carbamates (subject to hydrolysis) is 1. The van der Waals surface area contributed by atoms with Crippen LogP contribution in [-0.2, 0) is 9.53 Å². The van der Waals surface area contributed by atoms with Gasteiger partial charge in [0, 0.05) is 13.1 Å². The smallest absolute Gasteiger partial charge is 0.408 e. The summed E-state index contributed by atoms with van der Waals surface area (Å²) in [5.41, 5.74) is -0.699. The molecule has 0 bridgehead atoms. The van der Waals surface area contributed by atoms with Crippen molar-refractivity contribution in [1.82, 2.24) is 15.6 Å². The number of ether oxygens (including phenoxy) is 1. The molecule has 0 aliphatic carbocycles. The molecule has 0 spiro atoms. The second-order valence-electron chi connectivity index (χ2n) is 6.74. The van der Waals surface area contributed by atoms with Gasteiger partial charge in [-0.05, 0) is 46.8 Å². The lowest BCUT2D eigenvalue weighted by atomic mass is 9.91. The largest absolute Gasteiger partial charge is 0.444 e. The van der Waals surface area contributed by atoms with E-state index in [0.29, 0.717) is 5.69 Å². The number of hydrogen-bond donors (Lipinski definition) is 2. The molecule has 0 saturated heterocycles. The summed E-state index contributed by atoms with van der Waals surface area (Å²) in [6.45, 7) is 10.4. The molecule has 0 aliphatic rings. The number of aromatic nitrogens is 1. The fraction of sp³-hybridized carbons (Fsp3) is 0.562. The van der Waals surface area contributed by atoms with Gasteiger partial charge in [-0.2, -0.15) is 0 Å². The van der Waals surface area contributed by atoms with Crippen LogP contribution in [0.3, 0.4) is 0 Å². The molecule has 1 aromatic rings. The van der Waals surface area contributed by atoms with Crippen LogP contribution in [0.15, 0.2) is 24.4 Å². The molecule has 1 atom stereocenters. The molecular weight excluding hydrogens is 282 g/mol. The summed E-state index contributed by atoms with van der Waals surface area (Å²) in [5, 5.41) is 5.63. The van der Waals surface area contributed by atoms with Crippen LogP contribution in [0.25, 0.3) is 0 Å². The number of pyridine rings is 1. The molecule has 0 aliphatic heterocycles. The van der Waals surface area contributed by atoms with Crippen molar-refractivity contribution < 1.29 is 14.3 Å². The number of nitrogens with one attached hydrogen (secondary N) is 2. The quantitative estimate of drug-likeness (QED) is 0.896. The van der Waals surface area contributed by atoms with Crippen LogP contribution in [0.2, 0.25) is 0 Å². The molecule has 6 nitrogen and oxygen atoms in total. The third-order valence-corrected chi connectivity index (χ3v) is 2.88. The first kappa shape index (κ1) is 17.9. The van der Waals surface area contributed by atoms with Gasteiger partial charge in [-0.3, -0.25) is 9.78 Å². The molecule has 1 aromatic heterocycles. The van der Waals surface area contributed by atoms with Gasteiger partial charge in [0.15, 0.2) is 0 Å². The topological polar surface area (TPSA) is 80.3 Å². The minimum absolute atomic E-state index is 0.199. The van der Waals surface area contributed by atoms with Gasteiger partial charge in [0.25, 0.3) is 0 Å². The zero-order valence-electron chi connectivity index (χ0n) is 14.1. The molecule has 2 amide bonds. The Morgan fingerprint density at radius 1 is 1.18 bits per heavy atom. The number of hydrogen-bond acceptors (Lipinski definition) is 4. The van der Waals surface area contributed by atoms with E-state index in [4.69, 9.17) is 4.74 Å². The lowest BCUT2D eigenvalue weighted by Gasteiger charge is -2.35. The Balaban J connectivity index is 2.97. The van der Waals surface area contributed by atoms with Crippen LogP contribution >= 0.6 is 0 Å². The molecule has 1 rings (SSSR count). The number of carbonyl (C=O) groups excluding carboxylic acids is 2. The zero-order chi connectivity index (χ0) is 17.0. The second kappa shape index (κ2) is 6.77. The minimum atomic E-state index is -0.775. The zero-order valence-corrected chi connectivity index (χ0v) is 14.1. The number of amides is 2. The Kier molecular flexibility index (Phi) is 5.52. The molecule has 1 unspecified atom stereocenters. The molecule has 0 saturated carbocycles. The Morgan fingerprint density at radius 2 is 1.82 bits per heavy atom. The highest BCUT2D eigenvalue weighted by Crippen LogP contribution is 2.24. The summed E-state index contributed by atoms with van der Waals surface area (Å²) in [7, 11) is 0. The van der Waals surface area contributed by atoms with Crippen molar-refractivity contribution >= 4 is 12.0 Å². The fourth-order valence-corrected chi connectivity index (χ4v) is 2.01. The van der Waals surface area contributed by atoms with Crippen molar-refractivity contribution in [3.63, 3.8) is 0 Å². The maximum atomic E-state index is 12.0. The average Bonchev–Trinajstić information content (AvgIpc) is 2.33. The summed E-state index contributed by atoms with van der Waals surface area (Å²) in [6, 6.07) is 4.96. The molecular formula is C16H25N3O3. The lowest BCUT2D eigenvalue weighted by Crippen LogP contribution is -2.54. The van der Waals surface area contributed by atoms with E-state index in [-0.39, 0.29) is 5.91 Å². The second-order valence-corrected chi connectivity index (χ2v) is 6.74. The van der Waals surface area contributed by atoms with Gasteiger partial charge in [-0.15, -0.1) is 0 Å². The summed E-state index contributed by atoms with van der Waals surface area (Å²) >= 11 is 0. The molecule has 1 heterocycles. The SMILES string of the molecule is CC(=O)NC(c1ccccn1)C(C)(C)NC(=O)OC(C)(C)C. The first-order valence-corrected chi connectivity index (χ1v) is 7.20. The van der Waals surface area contributed by atoms with E-state index in [1.165, 1.54) is 6.92 Å². The third kappa shape index (κ3) is 5.71. The van der Waals surface area contributed by atoms with Crippen molar-refractivity contribution in [1.29, 1.82) is 0 Å². The van der Waals surface area contributed by atoms with Crippen molar-refractivity contribution in [3.8, 4) is 0 Å². The van der Waals surface area contributed by atoms with Gasteiger partial charge in [-0.1, -0.05) is 6.07 Å². The predicted molar refractivity (Wildman–Crippen MR) is 84.2 cm³/mol. The standard InChI is InChI=1S/C16H25N3O3/c1-11(20)18-13(12-9-7-8-10-17-12)16(5,6)19-14(21)22-15(2,3)4/h7-10,13H,1-6H3,(H,18,20)(H,19,21). The molecule has 0 aromatic carbocycles. The Bertz CT molecular complexity index is 521. The first-order chi connectivity index (χ1) is 10.0. The fourth-order valence-electron chi connectivity index (χ4n) is 2.01. The van der Waals surface area contributed by atoms with E-state index in [2.05, 4.69) is 15.6 Å². The minimum Gasteiger partial charge on any atom is -0.444 e. The monoisotopic (exact) mass is 307 g/mol. The maximum Gasteiger partial charge on any atom is 0.408 e. The number of nitrogens with zero attached hydrogens (tertiary/aromatic N) is 1. The van der Waals surface area contributed by atoms with Crippen LogP contribution in [0.1, 0.15) is 53.3 Å². The van der Waals surface area contributed by atoms with Crippen molar-refractivity contribution in [2.24, 2.45) is 0 Å². The highest BCUT2D eigenvalue weighted by molar-refractivity contribution is 5.74. The first-order valence-electron chi connectivity index (χ1n) is 7.20. The van der Waals surface area contributed by atoms with E-state index < -0.39 is 23.3 Å². The van der Waals surface area contributed by atoms with E-state index in [1.807, 2.05) is 19.9 Å². The molecule has 122 valence electrons. The van der Waals surface area contributed by atoms with Crippen LogP contribution in [0.5, 0.6) is 0 Å². The van der Waals surface area contributed by atoms with Gasteiger partial charge in [0.1, 0.15) is 5.60 Å². The molecule has 2 N–H and O–H groups in total. The highest BCUT2D eigenvalue weighted by atomic mass is 16.6. The third-order valence-electron chi connectivity index (χ3n) is 2.88. The van der Waals surface area contributed by atoms with Crippen molar-refractivity contribution in [2.75, 3.05) is 0 Å². The Hall–Kier alpha value is -2.11. The van der Waals surface area contributed by atoms with Gasteiger partial charge in [0.05, 0.1) is 17.3 Å². The average molecular weight is 307 g/mol. The Morgan fingerprint density at radius 3 is 2.27 bits per heavy atom. The number of rotatable bonds is 4. The van der Waals surface area contributed by atoms with E-state index in [0.717, 1.165) is 0 Å². The van der Waals surface area contributed by atoms with E-state index in [9.17, 15) is 9.59 Å². The van der Waals surface area contributed by atoms with Crippen molar-refractivity contribution in [3.05, 3.63) is 30.1 Å². The maximum absolute atomic E-state index is 12.0. The number of carbonyl (C=O) groups is 2. The Labute approximate surface area is 131 Å². The summed E-state index contributed by atoms with van der Waals surface area (Å²) < 4.78 is 5.28. The predicted octanol–water partition coefficient (Wildman–Crippen LogP) is 2.56. The van der Waals surface area contributed by atoms with E-state index in [1.54, 1.807) is 39.1 Å². The van der Waals surface area contributed by atoms with Gasteiger partial charge < -0.3 is 15.4 Å². The summed E-state index contributed by atoms with van der Waals surface area (Å²) in [4.78, 5) is 27.8. The van der Waals surface area contributed by atoms with Crippen LogP contribution in [0, 0.1) is 0 Å². The highest BCUT2D eigenvalue weighted by Gasteiger charge is 2.35. The lowest BCUT2D eigenvalue weighted by molar-refractivity contribution is -0.120. The molecule has 6 heteroatoms. The summed E-state index contributed by atoms with van der Waals surface area (Å²) in [5.74, 6) is -0.199. The van der Waals surface area contributed by atoms with Crippen LogP contribution in [0.4, 0.5) is 4.79 Å². The molecule has 0 radical (unpaired) electrons. The van der Waals surface area contributed by atoms with Crippen LogP contribution < -0.4 is 10.6 Å². The molecule has 22 heavy (non-hydrogen) atoms. The van der Waals surface area contributed by atoms with E-state index >= 15 is 0 Å². The molecule has 0 fully saturated rings. The summed E-state index contributed by atoms with van der Waals surface area (Å²) in [6.07, 6.45) is 1.11.